The molecule has 1 heterocycles. The average molecular weight is 468 g/mol. The monoisotopic (exact) mass is 467 g/mol. The smallest absolute Gasteiger partial charge is 0.235 e. The molecule has 3 N–H and O–H groups in total. The van der Waals surface area contributed by atoms with E-state index in [4.69, 9.17) is 4.74 Å². The number of benzene rings is 2. The topological polar surface area (TPSA) is 105 Å². The Morgan fingerprint density at radius 1 is 0.909 bits per heavy atom. The van der Waals surface area contributed by atoms with Gasteiger partial charge in [-0.2, -0.15) is 4.98 Å². The molecule has 1 aliphatic rings. The standard InChI is InChI=1S/C24H29N5O3S/c1-14-10-18(29-33(30,31)20-7-8-20)6-9-21(14)27-23-17(4)13-25-24(28-23)26-19-11-15(2)22(32-5)16(3)12-19/h6,9-13,20,29H,7-8H2,1-5H3,(H2,25,26,27,28). The number of sulfonamides is 1. The maximum absolute atomic E-state index is 12.2. The molecule has 0 amide bonds. The summed E-state index contributed by atoms with van der Waals surface area (Å²) in [7, 11) is -1.62. The summed E-state index contributed by atoms with van der Waals surface area (Å²) in [5, 5.41) is 6.35. The molecule has 3 aromatic rings. The molecule has 8 nitrogen and oxygen atoms in total. The van der Waals surface area contributed by atoms with E-state index in [1.165, 1.54) is 0 Å². The van der Waals surface area contributed by atoms with Crippen molar-refractivity contribution in [2.24, 2.45) is 0 Å². The average Bonchev–Trinajstić information content (AvgIpc) is 3.58. The number of aromatic nitrogens is 2. The number of hydrogen-bond acceptors (Lipinski definition) is 7. The molecule has 0 bridgehead atoms. The van der Waals surface area contributed by atoms with E-state index in [9.17, 15) is 8.42 Å². The highest BCUT2D eigenvalue weighted by Gasteiger charge is 2.35. The summed E-state index contributed by atoms with van der Waals surface area (Å²) >= 11 is 0. The molecular weight excluding hydrogens is 438 g/mol. The first kappa shape index (κ1) is 22.8. The Labute approximate surface area is 194 Å². The summed E-state index contributed by atoms with van der Waals surface area (Å²) in [6, 6.07) is 9.42. The molecule has 0 aliphatic heterocycles. The Bertz CT molecular complexity index is 1280. The van der Waals surface area contributed by atoms with E-state index in [1.54, 1.807) is 19.4 Å². The minimum Gasteiger partial charge on any atom is -0.496 e. The lowest BCUT2D eigenvalue weighted by Crippen LogP contribution is -2.17. The van der Waals surface area contributed by atoms with Gasteiger partial charge >= 0.3 is 0 Å². The summed E-state index contributed by atoms with van der Waals surface area (Å²) < 4.78 is 32.5. The van der Waals surface area contributed by atoms with E-state index >= 15 is 0 Å². The van der Waals surface area contributed by atoms with E-state index < -0.39 is 10.0 Å². The van der Waals surface area contributed by atoms with Crippen LogP contribution in [0, 0.1) is 27.7 Å². The fourth-order valence-electron chi connectivity index (χ4n) is 3.72. The van der Waals surface area contributed by atoms with Crippen molar-refractivity contribution in [1.29, 1.82) is 0 Å². The Kier molecular flexibility index (Phi) is 6.16. The predicted molar refractivity (Wildman–Crippen MR) is 133 cm³/mol. The molecule has 0 spiro atoms. The highest BCUT2D eigenvalue weighted by molar-refractivity contribution is 7.93. The Morgan fingerprint density at radius 3 is 2.18 bits per heavy atom. The summed E-state index contributed by atoms with van der Waals surface area (Å²) in [5.74, 6) is 2.01. The Morgan fingerprint density at radius 2 is 1.58 bits per heavy atom. The van der Waals surface area contributed by atoms with Crippen LogP contribution < -0.4 is 20.1 Å². The zero-order chi connectivity index (χ0) is 23.8. The first-order valence-corrected chi connectivity index (χ1v) is 12.4. The molecule has 33 heavy (non-hydrogen) atoms. The van der Waals surface area contributed by atoms with Gasteiger partial charge in [0.05, 0.1) is 12.4 Å². The number of rotatable bonds is 8. The fraction of sp³-hybridized carbons (Fsp3) is 0.333. The van der Waals surface area contributed by atoms with E-state index in [0.29, 0.717) is 17.5 Å². The zero-order valence-electron chi connectivity index (χ0n) is 19.5. The molecule has 0 unspecified atom stereocenters. The number of aryl methyl sites for hydroxylation is 4. The minimum atomic E-state index is -3.29. The third-order valence-electron chi connectivity index (χ3n) is 5.60. The molecule has 174 valence electrons. The van der Waals surface area contributed by atoms with Gasteiger partial charge in [0.15, 0.2) is 0 Å². The minimum absolute atomic E-state index is 0.261. The van der Waals surface area contributed by atoms with Crippen LogP contribution in [0.1, 0.15) is 35.1 Å². The second-order valence-electron chi connectivity index (χ2n) is 8.49. The van der Waals surface area contributed by atoms with Crippen molar-refractivity contribution in [3.05, 3.63) is 58.8 Å². The summed E-state index contributed by atoms with van der Waals surface area (Å²) in [4.78, 5) is 9.05. The molecule has 1 saturated carbocycles. The molecule has 0 saturated heterocycles. The third-order valence-corrected chi connectivity index (χ3v) is 7.46. The molecule has 2 aromatic carbocycles. The third kappa shape index (κ3) is 5.19. The molecule has 1 aromatic heterocycles. The van der Waals surface area contributed by atoms with E-state index in [0.717, 1.165) is 52.2 Å². The van der Waals surface area contributed by atoms with Crippen LogP contribution in [0.5, 0.6) is 5.75 Å². The van der Waals surface area contributed by atoms with Gasteiger partial charge in [-0.1, -0.05) is 0 Å². The molecule has 0 radical (unpaired) electrons. The van der Waals surface area contributed by atoms with Gasteiger partial charge < -0.3 is 15.4 Å². The lowest BCUT2D eigenvalue weighted by Gasteiger charge is -2.15. The largest absolute Gasteiger partial charge is 0.496 e. The molecule has 1 aliphatic carbocycles. The lowest BCUT2D eigenvalue weighted by atomic mass is 10.1. The van der Waals surface area contributed by atoms with Gasteiger partial charge in [-0.3, -0.25) is 4.72 Å². The van der Waals surface area contributed by atoms with Crippen molar-refractivity contribution in [2.75, 3.05) is 22.5 Å². The summed E-state index contributed by atoms with van der Waals surface area (Å²) in [5.41, 5.74) is 6.13. The molecule has 0 atom stereocenters. The van der Waals surface area contributed by atoms with Crippen molar-refractivity contribution in [3.63, 3.8) is 0 Å². The van der Waals surface area contributed by atoms with Crippen LogP contribution in [0.25, 0.3) is 0 Å². The first-order chi connectivity index (χ1) is 15.7. The highest BCUT2D eigenvalue weighted by Crippen LogP contribution is 2.32. The number of nitrogens with one attached hydrogen (secondary N) is 3. The number of methoxy groups -OCH3 is 1. The number of nitrogens with zero attached hydrogens (tertiary/aromatic N) is 2. The van der Waals surface area contributed by atoms with Gasteiger partial charge in [0.25, 0.3) is 0 Å². The van der Waals surface area contributed by atoms with Gasteiger partial charge in [0.1, 0.15) is 11.6 Å². The molecule has 1 fully saturated rings. The van der Waals surface area contributed by atoms with Crippen LogP contribution in [0.15, 0.2) is 36.5 Å². The number of ether oxygens (including phenoxy) is 1. The molecular formula is C24H29N5O3S. The highest BCUT2D eigenvalue weighted by atomic mass is 32.2. The maximum Gasteiger partial charge on any atom is 0.235 e. The zero-order valence-corrected chi connectivity index (χ0v) is 20.3. The number of anilines is 5. The van der Waals surface area contributed by atoms with Crippen LogP contribution in [0.3, 0.4) is 0 Å². The van der Waals surface area contributed by atoms with Crippen molar-refractivity contribution in [3.8, 4) is 5.75 Å². The van der Waals surface area contributed by atoms with Crippen LogP contribution in [0.4, 0.5) is 28.8 Å². The predicted octanol–water partition coefficient (Wildman–Crippen LogP) is 5.11. The van der Waals surface area contributed by atoms with Crippen molar-refractivity contribution < 1.29 is 13.2 Å². The number of hydrogen-bond donors (Lipinski definition) is 3. The van der Waals surface area contributed by atoms with E-state index in [2.05, 4.69) is 25.3 Å². The van der Waals surface area contributed by atoms with E-state index in [1.807, 2.05) is 52.0 Å². The second-order valence-corrected chi connectivity index (χ2v) is 10.5. The second kappa shape index (κ2) is 8.90. The van der Waals surface area contributed by atoms with Gasteiger partial charge in [0, 0.05) is 28.8 Å². The van der Waals surface area contributed by atoms with E-state index in [-0.39, 0.29) is 5.25 Å². The van der Waals surface area contributed by atoms with Crippen LogP contribution >= 0.6 is 0 Å². The van der Waals surface area contributed by atoms with Gasteiger partial charge in [0.2, 0.25) is 16.0 Å². The quantitative estimate of drug-likeness (QED) is 0.423. The fourth-order valence-corrected chi connectivity index (χ4v) is 5.10. The summed E-state index contributed by atoms with van der Waals surface area (Å²) in [6.07, 6.45) is 3.22. The van der Waals surface area contributed by atoms with Crippen molar-refractivity contribution in [1.82, 2.24) is 9.97 Å². The Hall–Kier alpha value is -3.33. The van der Waals surface area contributed by atoms with Gasteiger partial charge in [-0.05, 0) is 87.6 Å². The van der Waals surface area contributed by atoms with Crippen molar-refractivity contribution in [2.45, 2.75) is 45.8 Å². The summed E-state index contributed by atoms with van der Waals surface area (Å²) in [6.45, 7) is 7.85. The Balaban J connectivity index is 1.52. The lowest BCUT2D eigenvalue weighted by molar-refractivity contribution is 0.408. The van der Waals surface area contributed by atoms with Crippen LogP contribution in [0.2, 0.25) is 0 Å². The molecule has 4 rings (SSSR count). The first-order valence-electron chi connectivity index (χ1n) is 10.8. The SMILES string of the molecule is COc1c(C)cc(Nc2ncc(C)c(Nc3ccc(NS(=O)(=O)C4CC4)cc3C)n2)cc1C. The maximum atomic E-state index is 12.2. The van der Waals surface area contributed by atoms with Gasteiger partial charge in [-0.25, -0.2) is 13.4 Å². The normalized spacial score (nSPS) is 13.5. The van der Waals surface area contributed by atoms with Gasteiger partial charge in [-0.15, -0.1) is 0 Å². The molecule has 9 heteroatoms. The van der Waals surface area contributed by atoms with Crippen LogP contribution in [-0.4, -0.2) is 30.7 Å². The van der Waals surface area contributed by atoms with Crippen LogP contribution in [-0.2, 0) is 10.0 Å². The van der Waals surface area contributed by atoms with Crippen molar-refractivity contribution >= 4 is 38.9 Å².